The summed E-state index contributed by atoms with van der Waals surface area (Å²) in [5.74, 6) is 1.69. The van der Waals surface area contributed by atoms with Crippen molar-refractivity contribution in [2.75, 3.05) is 19.6 Å². The molecule has 1 aromatic carbocycles. The van der Waals surface area contributed by atoms with Crippen molar-refractivity contribution < 1.29 is 9.53 Å². The number of likely N-dealkylation sites (tertiary alicyclic amines) is 1. The number of rotatable bonds is 1. The van der Waals surface area contributed by atoms with Crippen molar-refractivity contribution in [1.29, 1.82) is 0 Å². The van der Waals surface area contributed by atoms with Crippen LogP contribution in [0, 0.1) is 5.92 Å². The molecule has 0 saturated carbocycles. The lowest BCUT2D eigenvalue weighted by atomic mass is 9.91. The Labute approximate surface area is 119 Å². The number of piperidine rings is 1. The predicted octanol–water partition coefficient (Wildman–Crippen LogP) is 1.20. The van der Waals surface area contributed by atoms with E-state index in [1.165, 1.54) is 6.42 Å². The molecule has 106 valence electrons. The molecule has 2 saturated heterocycles. The number of carbonyl (C=O) groups excluding carboxylic acids is 1. The lowest BCUT2D eigenvalue weighted by Gasteiger charge is -2.38. The summed E-state index contributed by atoms with van der Waals surface area (Å²) in [5, 5.41) is 3.42. The summed E-state index contributed by atoms with van der Waals surface area (Å²) in [7, 11) is 0. The lowest BCUT2D eigenvalue weighted by Crippen LogP contribution is -2.52. The van der Waals surface area contributed by atoms with Crippen molar-refractivity contribution in [3.8, 4) is 5.75 Å². The maximum atomic E-state index is 12.8. The highest BCUT2D eigenvalue weighted by Crippen LogP contribution is 2.32. The summed E-state index contributed by atoms with van der Waals surface area (Å²) >= 11 is 0. The highest BCUT2D eigenvalue weighted by Gasteiger charge is 2.41. The fraction of sp³-hybridized carbons (Fsp3) is 0.562. The van der Waals surface area contributed by atoms with Gasteiger partial charge in [-0.1, -0.05) is 18.2 Å². The van der Waals surface area contributed by atoms with Crippen LogP contribution in [0.5, 0.6) is 5.75 Å². The van der Waals surface area contributed by atoms with Gasteiger partial charge >= 0.3 is 0 Å². The Hall–Kier alpha value is -1.55. The molecule has 0 aromatic heterocycles. The molecule has 2 fully saturated rings. The molecule has 1 aromatic rings. The Balaban J connectivity index is 1.51. The monoisotopic (exact) mass is 272 g/mol. The van der Waals surface area contributed by atoms with E-state index in [9.17, 15) is 4.79 Å². The van der Waals surface area contributed by atoms with Crippen LogP contribution in [-0.4, -0.2) is 42.6 Å². The Morgan fingerprint density at radius 3 is 3.10 bits per heavy atom. The zero-order valence-corrected chi connectivity index (χ0v) is 11.5. The number of ether oxygens (including phenoxy) is 1. The average molecular weight is 272 g/mol. The molecule has 1 N–H and O–H groups in total. The number of carbonyl (C=O) groups is 1. The van der Waals surface area contributed by atoms with Crippen molar-refractivity contribution in [2.45, 2.75) is 31.4 Å². The average Bonchev–Trinajstić information content (AvgIpc) is 3.12. The van der Waals surface area contributed by atoms with E-state index < -0.39 is 0 Å². The van der Waals surface area contributed by atoms with E-state index in [2.05, 4.69) is 16.3 Å². The third kappa shape index (κ3) is 1.90. The molecule has 4 heteroatoms. The number of benzene rings is 1. The van der Waals surface area contributed by atoms with E-state index in [0.717, 1.165) is 43.8 Å². The Bertz CT molecular complexity index is 506. The Morgan fingerprint density at radius 1 is 1.30 bits per heavy atom. The highest BCUT2D eigenvalue weighted by atomic mass is 16.5. The van der Waals surface area contributed by atoms with E-state index in [4.69, 9.17) is 4.74 Å². The summed E-state index contributed by atoms with van der Waals surface area (Å²) in [6, 6.07) is 8.36. The number of nitrogens with one attached hydrogen (secondary N) is 1. The van der Waals surface area contributed by atoms with Crippen LogP contribution in [-0.2, 0) is 11.2 Å². The second-order valence-electron chi connectivity index (χ2n) is 6.08. The molecule has 0 radical (unpaired) electrons. The highest BCUT2D eigenvalue weighted by molar-refractivity contribution is 5.83. The molecule has 3 aliphatic heterocycles. The van der Waals surface area contributed by atoms with Crippen molar-refractivity contribution in [2.24, 2.45) is 5.92 Å². The molecular formula is C16H20N2O2. The van der Waals surface area contributed by atoms with Gasteiger partial charge in [0.1, 0.15) is 5.75 Å². The van der Waals surface area contributed by atoms with Crippen LogP contribution in [0.3, 0.4) is 0 Å². The van der Waals surface area contributed by atoms with Crippen LogP contribution >= 0.6 is 0 Å². The topological polar surface area (TPSA) is 41.6 Å². The molecule has 0 spiro atoms. The molecule has 0 aliphatic carbocycles. The maximum absolute atomic E-state index is 12.8. The van der Waals surface area contributed by atoms with Crippen LogP contribution in [0.4, 0.5) is 0 Å². The van der Waals surface area contributed by atoms with Crippen molar-refractivity contribution in [3.05, 3.63) is 29.8 Å². The molecule has 3 unspecified atom stereocenters. The first-order valence-electron chi connectivity index (χ1n) is 7.58. The third-order valence-electron chi connectivity index (χ3n) is 4.88. The first kappa shape index (κ1) is 12.2. The first-order chi connectivity index (χ1) is 9.83. The van der Waals surface area contributed by atoms with Gasteiger partial charge in [0.15, 0.2) is 6.10 Å². The van der Waals surface area contributed by atoms with Gasteiger partial charge in [-0.3, -0.25) is 4.79 Å². The zero-order chi connectivity index (χ0) is 13.5. The van der Waals surface area contributed by atoms with Gasteiger partial charge < -0.3 is 15.0 Å². The van der Waals surface area contributed by atoms with Gasteiger partial charge in [-0.15, -0.1) is 0 Å². The first-order valence-corrected chi connectivity index (χ1v) is 7.58. The van der Waals surface area contributed by atoms with Crippen LogP contribution < -0.4 is 10.1 Å². The zero-order valence-electron chi connectivity index (χ0n) is 11.5. The van der Waals surface area contributed by atoms with Crippen molar-refractivity contribution >= 4 is 5.91 Å². The minimum absolute atomic E-state index is 0.180. The minimum Gasteiger partial charge on any atom is -0.480 e. The van der Waals surface area contributed by atoms with Crippen LogP contribution in [0.25, 0.3) is 0 Å². The van der Waals surface area contributed by atoms with Crippen molar-refractivity contribution in [3.63, 3.8) is 0 Å². The number of para-hydroxylation sites is 1. The van der Waals surface area contributed by atoms with E-state index in [0.29, 0.717) is 12.0 Å². The van der Waals surface area contributed by atoms with E-state index in [1.807, 2.05) is 18.2 Å². The Kier molecular flexibility index (Phi) is 2.91. The molecule has 4 rings (SSSR count). The molecule has 3 aliphatic rings. The fourth-order valence-corrected chi connectivity index (χ4v) is 3.85. The van der Waals surface area contributed by atoms with Crippen LogP contribution in [0.1, 0.15) is 18.4 Å². The number of hydrogen-bond donors (Lipinski definition) is 1. The van der Waals surface area contributed by atoms with Gasteiger partial charge in [-0.25, -0.2) is 0 Å². The van der Waals surface area contributed by atoms with Gasteiger partial charge in [-0.05, 0) is 30.4 Å². The Morgan fingerprint density at radius 2 is 2.20 bits per heavy atom. The summed E-state index contributed by atoms with van der Waals surface area (Å²) in [5.41, 5.74) is 1.16. The maximum Gasteiger partial charge on any atom is 0.264 e. The minimum atomic E-state index is -0.313. The molecule has 0 bridgehead atoms. The molecule has 4 nitrogen and oxygen atoms in total. The molecule has 3 atom stereocenters. The lowest BCUT2D eigenvalue weighted by molar-refractivity contribution is -0.142. The summed E-state index contributed by atoms with van der Waals surface area (Å²) in [6.07, 6.45) is 2.77. The van der Waals surface area contributed by atoms with E-state index >= 15 is 0 Å². The van der Waals surface area contributed by atoms with E-state index in [1.54, 1.807) is 0 Å². The summed E-state index contributed by atoms with van der Waals surface area (Å²) < 4.78 is 5.86. The predicted molar refractivity (Wildman–Crippen MR) is 75.7 cm³/mol. The third-order valence-corrected chi connectivity index (χ3v) is 4.88. The largest absolute Gasteiger partial charge is 0.480 e. The second-order valence-corrected chi connectivity index (χ2v) is 6.08. The number of nitrogens with zero attached hydrogens (tertiary/aromatic N) is 1. The standard InChI is InChI=1S/C16H20N2O2/c19-16(15-8-11-4-1-2-6-14(11)20-15)18-7-3-5-12-9-17-10-13(12)18/h1-2,4,6,12-13,15,17H,3,5,7-10H2. The van der Waals surface area contributed by atoms with Gasteiger partial charge in [0.05, 0.1) is 0 Å². The second kappa shape index (κ2) is 4.77. The molecule has 20 heavy (non-hydrogen) atoms. The van der Waals surface area contributed by atoms with Gasteiger partial charge in [0.25, 0.3) is 5.91 Å². The summed E-state index contributed by atoms with van der Waals surface area (Å²) in [6.45, 7) is 2.88. The van der Waals surface area contributed by atoms with Crippen LogP contribution in [0.2, 0.25) is 0 Å². The van der Waals surface area contributed by atoms with Gasteiger partial charge in [0.2, 0.25) is 0 Å². The smallest absolute Gasteiger partial charge is 0.264 e. The summed E-state index contributed by atoms with van der Waals surface area (Å²) in [4.78, 5) is 14.9. The van der Waals surface area contributed by atoms with E-state index in [-0.39, 0.29) is 12.0 Å². The molecule has 1 amide bonds. The van der Waals surface area contributed by atoms with Gasteiger partial charge in [0, 0.05) is 32.1 Å². The number of fused-ring (bicyclic) bond motifs is 2. The normalized spacial score (nSPS) is 31.6. The number of hydrogen-bond acceptors (Lipinski definition) is 3. The van der Waals surface area contributed by atoms with Crippen LogP contribution in [0.15, 0.2) is 24.3 Å². The quantitative estimate of drug-likeness (QED) is 0.835. The SMILES string of the molecule is O=C(C1Cc2ccccc2O1)N1CCCC2CNCC21. The molecule has 3 heterocycles. The van der Waals surface area contributed by atoms with Gasteiger partial charge in [-0.2, -0.15) is 0 Å². The molecular weight excluding hydrogens is 252 g/mol. The van der Waals surface area contributed by atoms with Crippen molar-refractivity contribution in [1.82, 2.24) is 10.2 Å². The number of amides is 1. The fourth-order valence-electron chi connectivity index (χ4n) is 3.85.